The number of benzene rings is 1. The van der Waals surface area contributed by atoms with Crippen molar-refractivity contribution in [2.45, 2.75) is 31.5 Å². The van der Waals surface area contributed by atoms with Crippen LogP contribution in [-0.2, 0) is 23.2 Å². The van der Waals surface area contributed by atoms with Gasteiger partial charge >= 0.3 is 12.1 Å². The highest BCUT2D eigenvalue weighted by molar-refractivity contribution is 5.85. The van der Waals surface area contributed by atoms with E-state index < -0.39 is 12.1 Å². The summed E-state index contributed by atoms with van der Waals surface area (Å²) >= 11 is 0. The van der Waals surface area contributed by atoms with Gasteiger partial charge in [0, 0.05) is 58.1 Å². The van der Waals surface area contributed by atoms with Crippen molar-refractivity contribution in [1.82, 2.24) is 19.6 Å². The molecule has 0 saturated carbocycles. The van der Waals surface area contributed by atoms with Crippen LogP contribution < -0.4 is 9.47 Å². The molecular weight excluding hydrogens is 469 g/mol. The van der Waals surface area contributed by atoms with E-state index in [4.69, 9.17) is 19.4 Å². The van der Waals surface area contributed by atoms with Crippen molar-refractivity contribution in [3.05, 3.63) is 41.7 Å². The van der Waals surface area contributed by atoms with Gasteiger partial charge in [0.25, 0.3) is 0 Å². The van der Waals surface area contributed by atoms with Crippen LogP contribution in [0.5, 0.6) is 11.5 Å². The topological polar surface area (TPSA) is 97.1 Å². The standard InChI is InChI=1S/C21H26N4O3.C2HF3O2/c1-23-9-3-7-21(20(23)26)13-25(12-16(21)17-6-8-22-24(17)2)11-15-4-5-18-19(10-15)28-14-27-18;3-2(4,5)1(6)7/h4-6,8,10,16H,3,7,9,11-14H2,1-2H3;(H,6,7)/t16-,21+;/m0./s1. The summed E-state index contributed by atoms with van der Waals surface area (Å²) in [6.45, 7) is 3.56. The first-order chi connectivity index (χ1) is 16.5. The summed E-state index contributed by atoms with van der Waals surface area (Å²) in [4.78, 5) is 26.6. The number of aromatic nitrogens is 2. The Kier molecular flexibility index (Phi) is 6.67. The van der Waals surface area contributed by atoms with Crippen LogP contribution in [0.2, 0.25) is 0 Å². The Balaban J connectivity index is 0.000000364. The number of likely N-dealkylation sites (tertiary alicyclic amines) is 2. The van der Waals surface area contributed by atoms with E-state index >= 15 is 0 Å². The van der Waals surface area contributed by atoms with E-state index in [1.54, 1.807) is 0 Å². The number of aryl methyl sites for hydroxylation is 1. The maximum Gasteiger partial charge on any atom is 0.490 e. The number of amides is 1. The molecular formula is C23H27F3N4O5. The van der Waals surface area contributed by atoms with Gasteiger partial charge in [-0.2, -0.15) is 18.3 Å². The number of fused-ring (bicyclic) bond motifs is 1. The van der Waals surface area contributed by atoms with Crippen molar-refractivity contribution >= 4 is 11.9 Å². The SMILES string of the molecule is CN1CCC[C@]2(CN(Cc3ccc4c(c3)OCO4)C[C@H]2c2ccnn2C)C1=O.O=C(O)C(F)(F)F. The molecule has 3 aliphatic heterocycles. The number of carboxylic acid groups (broad SMARTS) is 1. The maximum atomic E-state index is 13.4. The van der Waals surface area contributed by atoms with Gasteiger partial charge in [-0.3, -0.25) is 14.4 Å². The number of halogens is 3. The van der Waals surface area contributed by atoms with Crippen LogP contribution >= 0.6 is 0 Å². The molecule has 1 aromatic heterocycles. The normalized spacial score (nSPS) is 24.0. The van der Waals surface area contributed by atoms with Crippen LogP contribution in [0, 0.1) is 5.41 Å². The van der Waals surface area contributed by atoms with E-state index in [9.17, 15) is 18.0 Å². The van der Waals surface area contributed by atoms with Gasteiger partial charge in [-0.25, -0.2) is 4.79 Å². The number of carbonyl (C=O) groups is 2. The Hall–Kier alpha value is -3.28. The third kappa shape index (κ3) is 4.93. The minimum Gasteiger partial charge on any atom is -0.475 e. The first-order valence-corrected chi connectivity index (χ1v) is 11.2. The lowest BCUT2D eigenvalue weighted by atomic mass is 9.70. The van der Waals surface area contributed by atoms with Crippen molar-refractivity contribution < 1.29 is 37.3 Å². The van der Waals surface area contributed by atoms with Crippen LogP contribution in [0.15, 0.2) is 30.5 Å². The predicted octanol–water partition coefficient (Wildman–Crippen LogP) is 2.62. The van der Waals surface area contributed by atoms with Gasteiger partial charge in [-0.1, -0.05) is 6.07 Å². The summed E-state index contributed by atoms with van der Waals surface area (Å²) in [5.41, 5.74) is 1.97. The fraction of sp³-hybridized carbons (Fsp3) is 0.522. The molecule has 4 heterocycles. The molecule has 0 aliphatic carbocycles. The van der Waals surface area contributed by atoms with Gasteiger partial charge in [-0.05, 0) is 36.6 Å². The van der Waals surface area contributed by atoms with Crippen LogP contribution in [0.1, 0.15) is 30.0 Å². The highest BCUT2D eigenvalue weighted by atomic mass is 19.4. The third-order valence-electron chi connectivity index (χ3n) is 6.80. The quantitative estimate of drug-likeness (QED) is 0.698. The molecule has 0 radical (unpaired) electrons. The summed E-state index contributed by atoms with van der Waals surface area (Å²) in [6.07, 6.45) is -1.27. The van der Waals surface area contributed by atoms with Gasteiger partial charge < -0.3 is 19.5 Å². The molecule has 1 N–H and O–H groups in total. The molecule has 1 spiro atoms. The average Bonchev–Trinajstić information content (AvgIpc) is 3.50. The number of ether oxygens (including phenoxy) is 2. The summed E-state index contributed by atoms with van der Waals surface area (Å²) in [7, 11) is 3.91. The zero-order chi connectivity index (χ0) is 25.4. The number of piperidine rings is 1. The number of hydrogen-bond acceptors (Lipinski definition) is 6. The maximum absolute atomic E-state index is 13.4. The molecule has 1 aromatic carbocycles. The number of nitrogens with zero attached hydrogens (tertiary/aromatic N) is 4. The molecule has 9 nitrogen and oxygen atoms in total. The van der Waals surface area contributed by atoms with E-state index in [1.807, 2.05) is 35.9 Å². The highest BCUT2D eigenvalue weighted by Crippen LogP contribution is 2.49. The summed E-state index contributed by atoms with van der Waals surface area (Å²) < 4.78 is 44.6. The van der Waals surface area contributed by atoms with Crippen LogP contribution in [0.3, 0.4) is 0 Å². The molecule has 1 amide bonds. The van der Waals surface area contributed by atoms with Crippen LogP contribution in [0.4, 0.5) is 13.2 Å². The monoisotopic (exact) mass is 496 g/mol. The largest absolute Gasteiger partial charge is 0.490 e. The van der Waals surface area contributed by atoms with E-state index in [2.05, 4.69) is 28.2 Å². The molecule has 2 aromatic rings. The van der Waals surface area contributed by atoms with Gasteiger partial charge in [0.15, 0.2) is 11.5 Å². The van der Waals surface area contributed by atoms with Gasteiger partial charge in [0.1, 0.15) is 0 Å². The molecule has 0 unspecified atom stereocenters. The van der Waals surface area contributed by atoms with Crippen LogP contribution in [0.25, 0.3) is 0 Å². The molecule has 190 valence electrons. The lowest BCUT2D eigenvalue weighted by Crippen LogP contribution is -2.50. The Morgan fingerprint density at radius 2 is 1.94 bits per heavy atom. The Morgan fingerprint density at radius 3 is 2.60 bits per heavy atom. The fourth-order valence-corrected chi connectivity index (χ4v) is 5.22. The molecule has 2 fully saturated rings. The van der Waals surface area contributed by atoms with Crippen LogP contribution in [-0.4, -0.2) is 76.2 Å². The number of carbonyl (C=O) groups excluding carboxylic acids is 1. The van der Waals surface area contributed by atoms with Gasteiger partial charge in [0.2, 0.25) is 12.7 Å². The summed E-state index contributed by atoms with van der Waals surface area (Å²) in [5.74, 6) is -0.712. The number of hydrogen-bond donors (Lipinski definition) is 1. The lowest BCUT2D eigenvalue weighted by molar-refractivity contribution is -0.192. The zero-order valence-corrected chi connectivity index (χ0v) is 19.4. The molecule has 3 aliphatic rings. The first kappa shape index (κ1) is 24.8. The zero-order valence-electron chi connectivity index (χ0n) is 19.4. The number of rotatable bonds is 3. The Morgan fingerprint density at radius 1 is 1.23 bits per heavy atom. The second-order valence-electron chi connectivity index (χ2n) is 9.08. The molecule has 35 heavy (non-hydrogen) atoms. The lowest BCUT2D eigenvalue weighted by Gasteiger charge is -2.41. The van der Waals surface area contributed by atoms with Crippen molar-refractivity contribution in [3.8, 4) is 11.5 Å². The van der Waals surface area contributed by atoms with Crippen molar-refractivity contribution in [1.29, 1.82) is 0 Å². The minimum atomic E-state index is -5.08. The smallest absolute Gasteiger partial charge is 0.475 e. The molecule has 2 atom stereocenters. The molecule has 2 saturated heterocycles. The van der Waals surface area contributed by atoms with Crippen molar-refractivity contribution in [2.24, 2.45) is 12.5 Å². The average molecular weight is 496 g/mol. The van der Waals surface area contributed by atoms with Gasteiger partial charge in [-0.15, -0.1) is 0 Å². The second kappa shape index (κ2) is 9.40. The Bertz CT molecular complexity index is 1110. The van der Waals surface area contributed by atoms with Gasteiger partial charge in [0.05, 0.1) is 5.41 Å². The second-order valence-corrected chi connectivity index (χ2v) is 9.08. The Labute approximate surface area is 200 Å². The van der Waals surface area contributed by atoms with E-state index in [0.29, 0.717) is 0 Å². The molecule has 12 heteroatoms. The number of carboxylic acids is 1. The van der Waals surface area contributed by atoms with Crippen molar-refractivity contribution in [2.75, 3.05) is 33.5 Å². The third-order valence-corrected chi connectivity index (χ3v) is 6.80. The first-order valence-electron chi connectivity index (χ1n) is 11.2. The van der Waals surface area contributed by atoms with E-state index in [0.717, 1.165) is 56.2 Å². The van der Waals surface area contributed by atoms with E-state index in [1.165, 1.54) is 5.56 Å². The fourth-order valence-electron chi connectivity index (χ4n) is 5.22. The van der Waals surface area contributed by atoms with Crippen molar-refractivity contribution in [3.63, 3.8) is 0 Å². The predicted molar refractivity (Wildman–Crippen MR) is 117 cm³/mol. The summed E-state index contributed by atoms with van der Waals surface area (Å²) in [5, 5.41) is 11.5. The summed E-state index contributed by atoms with van der Waals surface area (Å²) in [6, 6.07) is 8.19. The van der Waals surface area contributed by atoms with E-state index in [-0.39, 0.29) is 24.0 Å². The number of alkyl halides is 3. The minimum absolute atomic E-state index is 0.157. The number of aliphatic carboxylic acids is 1. The highest BCUT2D eigenvalue weighted by Gasteiger charge is 2.55. The molecule has 5 rings (SSSR count). The molecule has 0 bridgehead atoms.